The topological polar surface area (TPSA) is 20.3 Å². The molecule has 0 bridgehead atoms. The first kappa shape index (κ1) is 8.45. The predicted molar refractivity (Wildman–Crippen MR) is 52.0 cm³/mol. The molecule has 1 unspecified atom stereocenters. The van der Waals surface area contributed by atoms with E-state index in [2.05, 4.69) is 0 Å². The summed E-state index contributed by atoms with van der Waals surface area (Å²) in [4.78, 5) is 13.8. The number of rotatable bonds is 1. The van der Waals surface area contributed by atoms with Crippen LogP contribution in [-0.2, 0) is 6.42 Å². The maximum Gasteiger partial charge on any atom is 0.180 e. The van der Waals surface area contributed by atoms with Crippen LogP contribution in [0.2, 0.25) is 0 Å². The Morgan fingerprint density at radius 2 is 2.00 bits per heavy atom. The summed E-state index contributed by atoms with van der Waals surface area (Å²) in [6.45, 7) is 0. The van der Waals surface area contributed by atoms with Gasteiger partial charge >= 0.3 is 0 Å². The fraction of sp³-hybridized carbons (Fsp3) is 0.364. The van der Waals surface area contributed by atoms with Gasteiger partial charge in [0.25, 0.3) is 0 Å². The first-order valence-electron chi connectivity index (χ1n) is 4.48. The number of nitrogens with zero attached hydrogens (tertiary/aromatic N) is 1. The largest absolute Gasteiger partial charge is 0.299 e. The molecule has 2 rings (SSSR count). The smallest absolute Gasteiger partial charge is 0.180 e. The number of benzene rings is 1. The number of Topliss-reactive ketones (excluding diaryl/α,β-unsaturated/α-hetero) is 1. The molecule has 2 nitrogen and oxygen atoms in total. The lowest BCUT2D eigenvalue weighted by molar-refractivity contribution is 0.0897. The lowest BCUT2D eigenvalue weighted by Crippen LogP contribution is -2.33. The van der Waals surface area contributed by atoms with Crippen molar-refractivity contribution in [3.05, 3.63) is 35.4 Å². The minimum Gasteiger partial charge on any atom is -0.299 e. The third-order valence-electron chi connectivity index (χ3n) is 2.62. The van der Waals surface area contributed by atoms with Crippen molar-refractivity contribution in [1.29, 1.82) is 0 Å². The van der Waals surface area contributed by atoms with Gasteiger partial charge in [-0.15, -0.1) is 0 Å². The molecule has 0 fully saturated rings. The standard InChI is InChI=1S/C11H13NO/c1-12(2)10-7-8-5-3-4-6-9(8)11(10)13/h3-6,10H,7H2,1-2H3. The van der Waals surface area contributed by atoms with Gasteiger partial charge in [0.2, 0.25) is 0 Å². The van der Waals surface area contributed by atoms with Gasteiger partial charge in [-0.05, 0) is 26.1 Å². The summed E-state index contributed by atoms with van der Waals surface area (Å²) < 4.78 is 0. The van der Waals surface area contributed by atoms with E-state index in [0.29, 0.717) is 0 Å². The molecule has 1 atom stereocenters. The maximum absolute atomic E-state index is 11.8. The van der Waals surface area contributed by atoms with E-state index in [-0.39, 0.29) is 11.8 Å². The third-order valence-corrected chi connectivity index (χ3v) is 2.62. The molecule has 0 radical (unpaired) electrons. The van der Waals surface area contributed by atoms with Crippen LogP contribution < -0.4 is 0 Å². The van der Waals surface area contributed by atoms with Crippen LogP contribution in [0.4, 0.5) is 0 Å². The SMILES string of the molecule is CN(C)C1Cc2ccccc2C1=O. The van der Waals surface area contributed by atoms with Gasteiger partial charge in [0.05, 0.1) is 6.04 Å². The molecule has 0 amide bonds. The summed E-state index contributed by atoms with van der Waals surface area (Å²) in [5, 5.41) is 0. The van der Waals surface area contributed by atoms with Crippen LogP contribution in [0.3, 0.4) is 0 Å². The molecule has 1 aromatic rings. The summed E-state index contributed by atoms with van der Waals surface area (Å²) in [6, 6.07) is 7.92. The highest BCUT2D eigenvalue weighted by atomic mass is 16.1. The van der Waals surface area contributed by atoms with Crippen LogP contribution in [0.5, 0.6) is 0 Å². The van der Waals surface area contributed by atoms with Crippen LogP contribution in [-0.4, -0.2) is 30.8 Å². The first-order chi connectivity index (χ1) is 6.20. The number of carbonyl (C=O) groups excluding carboxylic acids is 1. The Hall–Kier alpha value is -1.15. The Morgan fingerprint density at radius 1 is 1.31 bits per heavy atom. The van der Waals surface area contributed by atoms with Crippen LogP contribution in [0.25, 0.3) is 0 Å². The molecule has 68 valence electrons. The second-order valence-electron chi connectivity index (χ2n) is 3.70. The zero-order chi connectivity index (χ0) is 9.42. The molecule has 1 aliphatic carbocycles. The quantitative estimate of drug-likeness (QED) is 0.642. The first-order valence-corrected chi connectivity index (χ1v) is 4.48. The molecule has 0 spiro atoms. The molecular formula is C11H13NO. The van der Waals surface area contributed by atoms with Crippen molar-refractivity contribution in [3.8, 4) is 0 Å². The molecule has 1 aliphatic rings. The highest BCUT2D eigenvalue weighted by molar-refractivity contribution is 6.04. The minimum atomic E-state index is 0.0531. The summed E-state index contributed by atoms with van der Waals surface area (Å²) >= 11 is 0. The average molecular weight is 175 g/mol. The van der Waals surface area contributed by atoms with Crippen LogP contribution in [0, 0.1) is 0 Å². The predicted octanol–water partition coefficient (Wildman–Crippen LogP) is 1.36. The van der Waals surface area contributed by atoms with Gasteiger partial charge in [0.15, 0.2) is 5.78 Å². The lowest BCUT2D eigenvalue weighted by Gasteiger charge is -2.16. The van der Waals surface area contributed by atoms with Crippen molar-refractivity contribution in [1.82, 2.24) is 4.90 Å². The highest BCUT2D eigenvalue weighted by Gasteiger charge is 2.31. The van der Waals surface area contributed by atoms with E-state index in [1.807, 2.05) is 43.3 Å². The Morgan fingerprint density at radius 3 is 2.62 bits per heavy atom. The van der Waals surface area contributed by atoms with E-state index in [4.69, 9.17) is 0 Å². The monoisotopic (exact) mass is 175 g/mol. The Bertz CT molecular complexity index is 344. The highest BCUT2D eigenvalue weighted by Crippen LogP contribution is 2.23. The van der Waals surface area contributed by atoms with Crippen molar-refractivity contribution < 1.29 is 4.79 Å². The van der Waals surface area contributed by atoms with Crippen molar-refractivity contribution in [2.75, 3.05) is 14.1 Å². The molecule has 0 saturated heterocycles. The van der Waals surface area contributed by atoms with Crippen molar-refractivity contribution >= 4 is 5.78 Å². The van der Waals surface area contributed by atoms with Gasteiger partial charge in [-0.25, -0.2) is 0 Å². The van der Waals surface area contributed by atoms with Crippen LogP contribution in [0.15, 0.2) is 24.3 Å². The van der Waals surface area contributed by atoms with Crippen LogP contribution >= 0.6 is 0 Å². The summed E-state index contributed by atoms with van der Waals surface area (Å²) in [5.41, 5.74) is 2.09. The Balaban J connectivity index is 2.38. The zero-order valence-corrected chi connectivity index (χ0v) is 7.95. The van der Waals surface area contributed by atoms with Gasteiger partial charge in [0, 0.05) is 5.56 Å². The molecule has 0 heterocycles. The molecule has 0 aliphatic heterocycles. The molecular weight excluding hydrogens is 162 g/mol. The number of likely N-dealkylation sites (N-methyl/N-ethyl adjacent to an activating group) is 1. The summed E-state index contributed by atoms with van der Waals surface area (Å²) in [5.74, 6) is 0.264. The molecule has 1 aromatic carbocycles. The van der Waals surface area contributed by atoms with Crippen molar-refractivity contribution in [2.45, 2.75) is 12.5 Å². The number of carbonyl (C=O) groups is 1. The van der Waals surface area contributed by atoms with E-state index in [0.717, 1.165) is 12.0 Å². The van der Waals surface area contributed by atoms with Crippen molar-refractivity contribution in [2.24, 2.45) is 0 Å². The Kier molecular flexibility index (Phi) is 1.93. The lowest BCUT2D eigenvalue weighted by atomic mass is 10.1. The van der Waals surface area contributed by atoms with E-state index < -0.39 is 0 Å². The summed E-state index contributed by atoms with van der Waals surface area (Å²) in [7, 11) is 3.91. The Labute approximate surface area is 78.2 Å². The fourth-order valence-electron chi connectivity index (χ4n) is 1.84. The molecule has 0 saturated carbocycles. The fourth-order valence-corrected chi connectivity index (χ4v) is 1.84. The number of hydrogen-bond donors (Lipinski definition) is 0. The zero-order valence-electron chi connectivity index (χ0n) is 7.95. The second-order valence-corrected chi connectivity index (χ2v) is 3.70. The van der Waals surface area contributed by atoms with Gasteiger partial charge in [-0.2, -0.15) is 0 Å². The van der Waals surface area contributed by atoms with Gasteiger partial charge in [-0.3, -0.25) is 9.69 Å². The second kappa shape index (κ2) is 2.96. The van der Waals surface area contributed by atoms with Crippen molar-refractivity contribution in [3.63, 3.8) is 0 Å². The van der Waals surface area contributed by atoms with E-state index in [1.165, 1.54) is 5.56 Å². The van der Waals surface area contributed by atoms with Gasteiger partial charge in [0.1, 0.15) is 0 Å². The molecule has 0 N–H and O–H groups in total. The molecule has 13 heavy (non-hydrogen) atoms. The molecule has 2 heteroatoms. The number of fused-ring (bicyclic) bond motifs is 1. The normalized spacial score (nSPS) is 20.8. The van der Waals surface area contributed by atoms with Gasteiger partial charge in [-0.1, -0.05) is 24.3 Å². The van der Waals surface area contributed by atoms with E-state index in [9.17, 15) is 4.79 Å². The van der Waals surface area contributed by atoms with Gasteiger partial charge < -0.3 is 0 Å². The van der Waals surface area contributed by atoms with E-state index >= 15 is 0 Å². The minimum absolute atomic E-state index is 0.0531. The number of hydrogen-bond acceptors (Lipinski definition) is 2. The number of ketones is 1. The van der Waals surface area contributed by atoms with E-state index in [1.54, 1.807) is 0 Å². The molecule has 0 aromatic heterocycles. The van der Waals surface area contributed by atoms with Crippen LogP contribution in [0.1, 0.15) is 15.9 Å². The maximum atomic E-state index is 11.8. The summed E-state index contributed by atoms with van der Waals surface area (Å²) in [6.07, 6.45) is 0.863. The third kappa shape index (κ3) is 1.27. The average Bonchev–Trinajstić information content (AvgIpc) is 2.45.